The van der Waals surface area contributed by atoms with E-state index in [1.54, 1.807) is 7.11 Å². The maximum atomic E-state index is 5.64. The van der Waals surface area contributed by atoms with Crippen LogP contribution in [0.25, 0.3) is 0 Å². The number of methoxy groups -OCH3 is 1. The Bertz CT molecular complexity index is 449. The van der Waals surface area contributed by atoms with Crippen molar-refractivity contribution >= 4 is 0 Å². The molecule has 1 aromatic rings. The summed E-state index contributed by atoms with van der Waals surface area (Å²) in [5, 5.41) is 3.68. The van der Waals surface area contributed by atoms with E-state index < -0.39 is 0 Å². The Morgan fingerprint density at radius 2 is 2.06 bits per heavy atom. The van der Waals surface area contributed by atoms with Crippen LogP contribution in [0.4, 0.5) is 0 Å². The Labute approximate surface area is 103 Å². The Morgan fingerprint density at radius 1 is 1.29 bits per heavy atom. The lowest BCUT2D eigenvalue weighted by molar-refractivity contribution is 0.391. The summed E-state index contributed by atoms with van der Waals surface area (Å²) in [6, 6.07) is 2.95. The van der Waals surface area contributed by atoms with Crippen molar-refractivity contribution in [2.24, 2.45) is 5.92 Å². The van der Waals surface area contributed by atoms with Gasteiger partial charge in [0.15, 0.2) is 0 Å². The standard InChI is InChI=1S/C15H21NO/c1-9-8-13-12(15(17-3)10(9)2)6-7-16-14(13)11-4-5-11/h8,11,14,16H,4-7H2,1-3H3. The number of nitrogens with one attached hydrogen (secondary N) is 1. The second-order valence-corrected chi connectivity index (χ2v) is 5.44. The highest BCUT2D eigenvalue weighted by Gasteiger charge is 2.36. The first kappa shape index (κ1) is 11.1. The molecule has 0 spiro atoms. The maximum Gasteiger partial charge on any atom is 0.125 e. The van der Waals surface area contributed by atoms with Crippen LogP contribution < -0.4 is 10.1 Å². The van der Waals surface area contributed by atoms with Gasteiger partial charge in [-0.25, -0.2) is 0 Å². The smallest absolute Gasteiger partial charge is 0.125 e. The van der Waals surface area contributed by atoms with E-state index in [-0.39, 0.29) is 0 Å². The van der Waals surface area contributed by atoms with Gasteiger partial charge in [0.1, 0.15) is 5.75 Å². The summed E-state index contributed by atoms with van der Waals surface area (Å²) in [6.07, 6.45) is 3.86. The van der Waals surface area contributed by atoms with E-state index in [9.17, 15) is 0 Å². The molecule has 2 nitrogen and oxygen atoms in total. The SMILES string of the molecule is COc1c(C)c(C)cc2c1CCNC2C1CC1. The zero-order valence-electron chi connectivity index (χ0n) is 11.0. The molecular formula is C15H21NO. The van der Waals surface area contributed by atoms with Crippen molar-refractivity contribution in [3.05, 3.63) is 28.3 Å². The van der Waals surface area contributed by atoms with E-state index in [1.807, 2.05) is 0 Å². The summed E-state index contributed by atoms with van der Waals surface area (Å²) < 4.78 is 5.64. The van der Waals surface area contributed by atoms with E-state index in [0.29, 0.717) is 6.04 Å². The first-order valence-corrected chi connectivity index (χ1v) is 6.62. The zero-order chi connectivity index (χ0) is 12.0. The number of ether oxygens (including phenoxy) is 1. The number of hydrogen-bond donors (Lipinski definition) is 1. The van der Waals surface area contributed by atoms with Gasteiger partial charge >= 0.3 is 0 Å². The molecule has 1 unspecified atom stereocenters. The molecule has 1 aromatic carbocycles. The van der Waals surface area contributed by atoms with E-state index >= 15 is 0 Å². The van der Waals surface area contributed by atoms with Crippen LogP contribution in [-0.4, -0.2) is 13.7 Å². The van der Waals surface area contributed by atoms with Crippen molar-refractivity contribution in [2.45, 2.75) is 39.2 Å². The molecule has 0 aromatic heterocycles. The highest BCUT2D eigenvalue weighted by Crippen LogP contribution is 2.45. The average molecular weight is 231 g/mol. The van der Waals surface area contributed by atoms with Crippen molar-refractivity contribution in [2.75, 3.05) is 13.7 Å². The van der Waals surface area contributed by atoms with Gasteiger partial charge in [0, 0.05) is 11.6 Å². The van der Waals surface area contributed by atoms with Gasteiger partial charge in [0.2, 0.25) is 0 Å². The summed E-state index contributed by atoms with van der Waals surface area (Å²) in [7, 11) is 1.80. The molecule has 1 fully saturated rings. The predicted octanol–water partition coefficient (Wildman–Crippen LogP) is 2.91. The summed E-state index contributed by atoms with van der Waals surface area (Å²) >= 11 is 0. The average Bonchev–Trinajstić information content (AvgIpc) is 3.14. The molecule has 3 rings (SSSR count). The van der Waals surface area contributed by atoms with E-state index in [4.69, 9.17) is 4.74 Å². The summed E-state index contributed by atoms with van der Waals surface area (Å²) in [4.78, 5) is 0. The lowest BCUT2D eigenvalue weighted by atomic mass is 9.87. The van der Waals surface area contributed by atoms with Crippen LogP contribution in [0.5, 0.6) is 5.75 Å². The number of fused-ring (bicyclic) bond motifs is 1. The minimum atomic E-state index is 0.576. The highest BCUT2D eigenvalue weighted by molar-refractivity contribution is 5.52. The second kappa shape index (κ2) is 4.02. The minimum absolute atomic E-state index is 0.576. The lowest BCUT2D eigenvalue weighted by Gasteiger charge is -2.30. The normalized spacial score (nSPS) is 23.4. The number of hydrogen-bond acceptors (Lipinski definition) is 2. The Balaban J connectivity index is 2.13. The Hall–Kier alpha value is -1.02. The van der Waals surface area contributed by atoms with Gasteiger partial charge in [-0.05, 0) is 62.3 Å². The number of benzene rings is 1. The Morgan fingerprint density at radius 3 is 2.71 bits per heavy atom. The van der Waals surface area contributed by atoms with Crippen molar-refractivity contribution < 1.29 is 4.74 Å². The molecule has 0 radical (unpaired) electrons. The van der Waals surface area contributed by atoms with Crippen molar-refractivity contribution in [1.82, 2.24) is 5.32 Å². The van der Waals surface area contributed by atoms with Gasteiger partial charge in [-0.1, -0.05) is 6.07 Å². The molecule has 17 heavy (non-hydrogen) atoms. The van der Waals surface area contributed by atoms with Gasteiger partial charge in [0.05, 0.1) is 7.11 Å². The molecule has 1 saturated carbocycles. The van der Waals surface area contributed by atoms with Crippen LogP contribution in [0.3, 0.4) is 0 Å². The van der Waals surface area contributed by atoms with Crippen LogP contribution >= 0.6 is 0 Å². The first-order valence-electron chi connectivity index (χ1n) is 6.62. The molecule has 0 bridgehead atoms. The van der Waals surface area contributed by atoms with Gasteiger partial charge in [-0.3, -0.25) is 0 Å². The van der Waals surface area contributed by atoms with E-state index in [0.717, 1.165) is 24.6 Å². The first-order chi connectivity index (χ1) is 8.22. The van der Waals surface area contributed by atoms with E-state index in [1.165, 1.54) is 35.1 Å². The zero-order valence-corrected chi connectivity index (χ0v) is 11.0. The van der Waals surface area contributed by atoms with Gasteiger partial charge < -0.3 is 10.1 Å². The lowest BCUT2D eigenvalue weighted by Crippen LogP contribution is -2.31. The minimum Gasteiger partial charge on any atom is -0.496 e. The summed E-state index contributed by atoms with van der Waals surface area (Å²) in [5.74, 6) is 1.99. The van der Waals surface area contributed by atoms with Gasteiger partial charge in [-0.2, -0.15) is 0 Å². The molecular weight excluding hydrogens is 210 g/mol. The molecule has 1 aliphatic heterocycles. The van der Waals surface area contributed by atoms with Gasteiger partial charge in [0.25, 0.3) is 0 Å². The largest absolute Gasteiger partial charge is 0.496 e. The fourth-order valence-corrected chi connectivity index (χ4v) is 3.09. The fourth-order valence-electron chi connectivity index (χ4n) is 3.09. The molecule has 92 valence electrons. The van der Waals surface area contributed by atoms with Gasteiger partial charge in [-0.15, -0.1) is 0 Å². The molecule has 1 atom stereocenters. The van der Waals surface area contributed by atoms with Crippen LogP contribution in [0.15, 0.2) is 6.07 Å². The highest BCUT2D eigenvalue weighted by atomic mass is 16.5. The second-order valence-electron chi connectivity index (χ2n) is 5.44. The summed E-state index contributed by atoms with van der Waals surface area (Å²) in [6.45, 7) is 5.45. The van der Waals surface area contributed by atoms with Crippen LogP contribution in [-0.2, 0) is 6.42 Å². The third kappa shape index (κ3) is 1.75. The van der Waals surface area contributed by atoms with E-state index in [2.05, 4.69) is 25.2 Å². The third-order valence-electron chi connectivity index (χ3n) is 4.30. The molecule has 1 aliphatic carbocycles. The van der Waals surface area contributed by atoms with Crippen LogP contribution in [0.1, 0.15) is 41.1 Å². The fraction of sp³-hybridized carbons (Fsp3) is 0.600. The Kier molecular flexibility index (Phi) is 2.62. The molecule has 2 heteroatoms. The molecule has 2 aliphatic rings. The monoisotopic (exact) mass is 231 g/mol. The summed E-state index contributed by atoms with van der Waals surface area (Å²) in [5.41, 5.74) is 5.61. The van der Waals surface area contributed by atoms with Crippen molar-refractivity contribution in [3.8, 4) is 5.75 Å². The topological polar surface area (TPSA) is 21.3 Å². The molecule has 0 saturated heterocycles. The van der Waals surface area contributed by atoms with Crippen LogP contribution in [0, 0.1) is 19.8 Å². The quantitative estimate of drug-likeness (QED) is 0.845. The molecule has 1 N–H and O–H groups in total. The molecule has 1 heterocycles. The molecule has 0 amide bonds. The third-order valence-corrected chi connectivity index (χ3v) is 4.30. The maximum absolute atomic E-state index is 5.64. The van der Waals surface area contributed by atoms with Crippen molar-refractivity contribution in [3.63, 3.8) is 0 Å². The number of rotatable bonds is 2. The van der Waals surface area contributed by atoms with Crippen LogP contribution in [0.2, 0.25) is 0 Å². The predicted molar refractivity (Wildman–Crippen MR) is 69.6 cm³/mol. The van der Waals surface area contributed by atoms with Crippen molar-refractivity contribution in [1.29, 1.82) is 0 Å². The number of aryl methyl sites for hydroxylation is 1.